The number of hydrogen-bond donors (Lipinski definition) is 0. The average molecular weight is 265 g/mol. The van der Waals surface area contributed by atoms with E-state index in [0.29, 0.717) is 16.9 Å². The van der Waals surface area contributed by atoms with Gasteiger partial charge in [-0.3, -0.25) is 0 Å². The Bertz CT molecular complexity index is 680. The summed E-state index contributed by atoms with van der Waals surface area (Å²) in [5.41, 5.74) is 2.02. The zero-order chi connectivity index (χ0) is 11.8. The zero-order valence-electron chi connectivity index (χ0n) is 8.52. The van der Waals surface area contributed by atoms with E-state index in [1.54, 1.807) is 6.07 Å². The third-order valence-corrected chi connectivity index (χ3v) is 2.79. The number of hydrogen-bond acceptors (Lipinski definition) is 3. The molecule has 0 atom stereocenters. The van der Waals surface area contributed by atoms with E-state index in [0.717, 1.165) is 5.56 Å². The summed E-state index contributed by atoms with van der Waals surface area (Å²) < 4.78 is 5.62. The van der Waals surface area contributed by atoms with E-state index in [2.05, 4.69) is 9.97 Å². The van der Waals surface area contributed by atoms with Crippen molar-refractivity contribution in [3.8, 4) is 11.3 Å². The monoisotopic (exact) mass is 264 g/mol. The van der Waals surface area contributed by atoms with Crippen LogP contribution in [0.4, 0.5) is 0 Å². The molecule has 0 N–H and O–H groups in total. The number of aromatic nitrogens is 2. The highest BCUT2D eigenvalue weighted by molar-refractivity contribution is 6.35. The van der Waals surface area contributed by atoms with E-state index in [9.17, 15) is 0 Å². The van der Waals surface area contributed by atoms with Crippen molar-refractivity contribution in [3.05, 3.63) is 46.8 Å². The summed E-state index contributed by atoms with van der Waals surface area (Å²) in [5, 5.41) is 0.338. The second-order valence-electron chi connectivity index (χ2n) is 3.47. The molecule has 3 nitrogen and oxygen atoms in total. The molecular weight excluding hydrogens is 259 g/mol. The van der Waals surface area contributed by atoms with E-state index in [1.807, 2.05) is 30.3 Å². The minimum Gasteiger partial charge on any atom is -0.451 e. The van der Waals surface area contributed by atoms with Gasteiger partial charge in [-0.2, -0.15) is 0 Å². The number of furan rings is 1. The standard InChI is InChI=1S/C12H6Cl2N2O/c13-11-10-8(15-12(14)16-11)6-9(17-10)7-4-2-1-3-5-7/h1-6H. The molecule has 0 aliphatic heterocycles. The Hall–Kier alpha value is -1.58. The lowest BCUT2D eigenvalue weighted by Gasteiger charge is -1.94. The van der Waals surface area contributed by atoms with Crippen molar-refractivity contribution in [2.45, 2.75) is 0 Å². The van der Waals surface area contributed by atoms with Gasteiger partial charge in [-0.1, -0.05) is 41.9 Å². The van der Waals surface area contributed by atoms with Gasteiger partial charge in [0.05, 0.1) is 0 Å². The van der Waals surface area contributed by atoms with Crippen LogP contribution in [0, 0.1) is 0 Å². The third kappa shape index (κ3) is 1.88. The van der Waals surface area contributed by atoms with Gasteiger partial charge in [0.15, 0.2) is 10.7 Å². The topological polar surface area (TPSA) is 38.9 Å². The maximum Gasteiger partial charge on any atom is 0.224 e. The van der Waals surface area contributed by atoms with Gasteiger partial charge >= 0.3 is 0 Å². The van der Waals surface area contributed by atoms with Gasteiger partial charge in [0.1, 0.15) is 11.3 Å². The number of fused-ring (bicyclic) bond motifs is 1. The zero-order valence-corrected chi connectivity index (χ0v) is 10.0. The highest BCUT2D eigenvalue weighted by Gasteiger charge is 2.12. The van der Waals surface area contributed by atoms with Crippen LogP contribution in [-0.2, 0) is 0 Å². The molecular formula is C12H6Cl2N2O. The third-order valence-electron chi connectivity index (χ3n) is 2.36. The molecule has 3 rings (SSSR count). The molecule has 0 spiro atoms. The Kier molecular flexibility index (Phi) is 2.50. The minimum absolute atomic E-state index is 0.114. The molecule has 0 aliphatic carbocycles. The summed E-state index contributed by atoms with van der Waals surface area (Å²) in [6.07, 6.45) is 0. The summed E-state index contributed by atoms with van der Waals surface area (Å²) in [4.78, 5) is 7.89. The quantitative estimate of drug-likeness (QED) is 0.489. The first-order chi connectivity index (χ1) is 8.24. The number of halogens is 2. The normalized spacial score (nSPS) is 10.9. The SMILES string of the molecule is Clc1nc(Cl)c2oc(-c3ccccc3)cc2n1. The molecule has 5 heteroatoms. The first-order valence-corrected chi connectivity index (χ1v) is 5.67. The first kappa shape index (κ1) is 10.6. The molecule has 0 fully saturated rings. The van der Waals surface area contributed by atoms with Crippen LogP contribution in [0.5, 0.6) is 0 Å². The summed E-state index contributed by atoms with van der Waals surface area (Å²) >= 11 is 11.7. The molecule has 17 heavy (non-hydrogen) atoms. The van der Waals surface area contributed by atoms with Crippen molar-refractivity contribution in [1.82, 2.24) is 9.97 Å². The van der Waals surface area contributed by atoms with Crippen molar-refractivity contribution in [1.29, 1.82) is 0 Å². The van der Waals surface area contributed by atoms with Gasteiger partial charge in [-0.15, -0.1) is 0 Å². The van der Waals surface area contributed by atoms with Crippen molar-refractivity contribution in [2.75, 3.05) is 0 Å². The van der Waals surface area contributed by atoms with Gasteiger partial charge in [0.2, 0.25) is 5.28 Å². The first-order valence-electron chi connectivity index (χ1n) is 4.92. The van der Waals surface area contributed by atoms with E-state index < -0.39 is 0 Å². The van der Waals surface area contributed by atoms with Crippen LogP contribution >= 0.6 is 23.2 Å². The Morgan fingerprint density at radius 3 is 2.53 bits per heavy atom. The van der Waals surface area contributed by atoms with Gasteiger partial charge in [0.25, 0.3) is 0 Å². The molecule has 0 saturated heterocycles. The van der Waals surface area contributed by atoms with Gasteiger partial charge in [0, 0.05) is 11.6 Å². The molecule has 1 aromatic carbocycles. The largest absolute Gasteiger partial charge is 0.451 e. The van der Waals surface area contributed by atoms with Gasteiger partial charge in [-0.25, -0.2) is 9.97 Å². The van der Waals surface area contributed by atoms with E-state index in [-0.39, 0.29) is 10.4 Å². The molecule has 0 amide bonds. The van der Waals surface area contributed by atoms with Crippen LogP contribution in [-0.4, -0.2) is 9.97 Å². The lowest BCUT2D eigenvalue weighted by molar-refractivity contribution is 0.629. The molecule has 2 heterocycles. The van der Waals surface area contributed by atoms with Crippen LogP contribution < -0.4 is 0 Å². The van der Waals surface area contributed by atoms with Crippen molar-refractivity contribution < 1.29 is 4.42 Å². The molecule has 3 aromatic rings. The maximum atomic E-state index is 5.93. The lowest BCUT2D eigenvalue weighted by Crippen LogP contribution is -1.82. The second kappa shape index (κ2) is 4.02. The molecule has 2 aromatic heterocycles. The van der Waals surface area contributed by atoms with Gasteiger partial charge < -0.3 is 4.42 Å². The highest BCUT2D eigenvalue weighted by atomic mass is 35.5. The predicted octanol–water partition coefficient (Wildman–Crippen LogP) is 4.20. The Balaban J connectivity index is 2.24. The minimum atomic E-state index is 0.114. The fraction of sp³-hybridized carbons (Fsp3) is 0. The van der Waals surface area contributed by atoms with Crippen LogP contribution in [0.2, 0.25) is 10.4 Å². The van der Waals surface area contributed by atoms with E-state index >= 15 is 0 Å². The van der Waals surface area contributed by atoms with Crippen molar-refractivity contribution in [2.24, 2.45) is 0 Å². The molecule has 0 saturated carbocycles. The second-order valence-corrected chi connectivity index (χ2v) is 4.17. The van der Waals surface area contributed by atoms with Crippen LogP contribution in [0.15, 0.2) is 40.8 Å². The van der Waals surface area contributed by atoms with Crippen molar-refractivity contribution >= 4 is 34.3 Å². The Labute approximate surface area is 107 Å². The number of rotatable bonds is 1. The molecule has 0 radical (unpaired) electrons. The summed E-state index contributed by atoms with van der Waals surface area (Å²) in [5.74, 6) is 0.694. The molecule has 0 bridgehead atoms. The van der Waals surface area contributed by atoms with Crippen LogP contribution in [0.3, 0.4) is 0 Å². The molecule has 0 unspecified atom stereocenters. The number of benzene rings is 1. The number of nitrogens with zero attached hydrogens (tertiary/aromatic N) is 2. The fourth-order valence-electron chi connectivity index (χ4n) is 1.61. The summed E-state index contributed by atoms with van der Waals surface area (Å²) in [7, 11) is 0. The Morgan fingerprint density at radius 2 is 1.76 bits per heavy atom. The maximum absolute atomic E-state index is 5.93. The van der Waals surface area contributed by atoms with Crippen LogP contribution in [0.1, 0.15) is 0 Å². The fourth-order valence-corrected chi connectivity index (χ4v) is 2.05. The predicted molar refractivity (Wildman–Crippen MR) is 67.3 cm³/mol. The van der Waals surface area contributed by atoms with Crippen LogP contribution in [0.25, 0.3) is 22.4 Å². The summed E-state index contributed by atoms with van der Waals surface area (Å²) in [6, 6.07) is 11.5. The van der Waals surface area contributed by atoms with Gasteiger partial charge in [-0.05, 0) is 11.6 Å². The highest BCUT2D eigenvalue weighted by Crippen LogP contribution is 2.30. The smallest absolute Gasteiger partial charge is 0.224 e. The lowest BCUT2D eigenvalue weighted by atomic mass is 10.2. The van der Waals surface area contributed by atoms with E-state index in [1.165, 1.54) is 0 Å². The van der Waals surface area contributed by atoms with Crippen molar-refractivity contribution in [3.63, 3.8) is 0 Å². The summed E-state index contributed by atoms with van der Waals surface area (Å²) in [6.45, 7) is 0. The Morgan fingerprint density at radius 1 is 1.00 bits per heavy atom. The molecule has 0 aliphatic rings. The molecule has 84 valence electrons. The average Bonchev–Trinajstić information content (AvgIpc) is 2.74. The van der Waals surface area contributed by atoms with E-state index in [4.69, 9.17) is 27.6 Å².